The smallest absolute Gasteiger partial charge is 0.351 e. The molecule has 0 saturated carbocycles. The lowest BCUT2D eigenvalue weighted by Crippen LogP contribution is -2.62. The van der Waals surface area contributed by atoms with Gasteiger partial charge in [-0.2, -0.15) is 13.8 Å². The highest BCUT2D eigenvalue weighted by molar-refractivity contribution is 6.79. The number of hydrogen-bond acceptors (Lipinski definition) is 8. The van der Waals surface area contributed by atoms with Crippen LogP contribution in [0, 0.1) is 0 Å². The molecule has 1 unspecified atom stereocenters. The molecular formula is C32H33F2N3O7Si. The van der Waals surface area contributed by atoms with Gasteiger partial charge in [0.1, 0.15) is 18.0 Å². The number of benzene rings is 2. The summed E-state index contributed by atoms with van der Waals surface area (Å²) in [5, 5.41) is 24.8. The van der Waals surface area contributed by atoms with Gasteiger partial charge in [-0.15, -0.1) is 0 Å². The van der Waals surface area contributed by atoms with Crippen molar-refractivity contribution in [3.05, 3.63) is 107 Å². The first-order valence-corrected chi connectivity index (χ1v) is 17.7. The molecule has 0 aliphatic carbocycles. The van der Waals surface area contributed by atoms with Crippen LogP contribution in [0.15, 0.2) is 89.9 Å². The maximum Gasteiger partial charge on any atom is 0.351 e. The van der Waals surface area contributed by atoms with Crippen molar-refractivity contribution in [1.82, 2.24) is 9.55 Å². The van der Waals surface area contributed by atoms with E-state index in [2.05, 4.69) is 10.3 Å². The minimum Gasteiger partial charge on any atom is -0.382 e. The van der Waals surface area contributed by atoms with Crippen molar-refractivity contribution in [1.29, 1.82) is 0 Å². The number of aromatic nitrogens is 2. The van der Waals surface area contributed by atoms with E-state index in [4.69, 9.17) is 4.74 Å². The molecule has 2 aromatic carbocycles. The van der Waals surface area contributed by atoms with Crippen molar-refractivity contribution in [3.63, 3.8) is 0 Å². The van der Waals surface area contributed by atoms with Crippen LogP contribution in [0.2, 0.25) is 25.7 Å². The molecule has 3 aromatic rings. The predicted molar refractivity (Wildman–Crippen MR) is 166 cm³/mol. The molecule has 1 saturated heterocycles. The van der Waals surface area contributed by atoms with Crippen LogP contribution in [0.25, 0.3) is 12.2 Å². The van der Waals surface area contributed by atoms with Gasteiger partial charge in [-0.1, -0.05) is 92.5 Å². The average Bonchev–Trinajstić information content (AvgIpc) is 3.20. The van der Waals surface area contributed by atoms with Gasteiger partial charge in [-0.3, -0.25) is 19.0 Å². The normalized spacial score (nSPS) is 22.0. The van der Waals surface area contributed by atoms with E-state index in [0.717, 1.165) is 18.3 Å². The molecule has 1 amide bonds. The van der Waals surface area contributed by atoms with Crippen molar-refractivity contribution in [2.24, 2.45) is 0 Å². The number of nitrogens with one attached hydrogen (secondary N) is 1. The Hall–Kier alpha value is -4.43. The van der Waals surface area contributed by atoms with Gasteiger partial charge in [-0.25, -0.2) is 4.79 Å². The molecule has 1 aliphatic rings. The molecule has 4 rings (SSSR count). The van der Waals surface area contributed by atoms with Gasteiger partial charge in [0.05, 0.1) is 8.07 Å². The Labute approximate surface area is 258 Å². The minimum absolute atomic E-state index is 0.198. The fourth-order valence-electron chi connectivity index (χ4n) is 4.73. The monoisotopic (exact) mass is 637 g/mol. The number of ketones is 2. The molecule has 1 aromatic heterocycles. The molecule has 0 spiro atoms. The summed E-state index contributed by atoms with van der Waals surface area (Å²) in [6.07, 6.45) is -2.65. The van der Waals surface area contributed by atoms with E-state index in [-0.39, 0.29) is 11.9 Å². The molecule has 3 N–H and O–H groups in total. The molecule has 1 aliphatic heterocycles. The Kier molecular flexibility index (Phi) is 9.88. The van der Waals surface area contributed by atoms with E-state index in [0.29, 0.717) is 21.8 Å². The summed E-state index contributed by atoms with van der Waals surface area (Å²) in [4.78, 5) is 55.2. The second kappa shape index (κ2) is 13.3. The van der Waals surface area contributed by atoms with Crippen LogP contribution in [0.1, 0.15) is 17.4 Å². The second-order valence-corrected chi connectivity index (χ2v) is 17.3. The Morgan fingerprint density at radius 2 is 1.56 bits per heavy atom. The van der Waals surface area contributed by atoms with E-state index in [9.17, 15) is 29.4 Å². The molecule has 2 heterocycles. The quantitative estimate of drug-likeness (QED) is 0.213. The lowest BCUT2D eigenvalue weighted by atomic mass is 9.82. The van der Waals surface area contributed by atoms with E-state index >= 15 is 8.78 Å². The first kappa shape index (κ1) is 33.5. The van der Waals surface area contributed by atoms with Crippen LogP contribution in [0.3, 0.4) is 0 Å². The molecule has 0 radical (unpaired) electrons. The highest BCUT2D eigenvalue weighted by Crippen LogP contribution is 2.51. The zero-order valence-electron chi connectivity index (χ0n) is 24.8. The van der Waals surface area contributed by atoms with Gasteiger partial charge >= 0.3 is 11.6 Å². The maximum atomic E-state index is 16.2. The zero-order chi connectivity index (χ0) is 33.0. The van der Waals surface area contributed by atoms with Gasteiger partial charge in [0.2, 0.25) is 17.7 Å². The Balaban J connectivity index is 1.70. The van der Waals surface area contributed by atoms with Crippen LogP contribution in [0.5, 0.6) is 0 Å². The van der Waals surface area contributed by atoms with Crippen LogP contribution in [-0.4, -0.2) is 69.0 Å². The number of aliphatic hydroxyl groups is 2. The number of alkyl halides is 2. The zero-order valence-corrected chi connectivity index (χ0v) is 25.8. The number of ether oxygens (including phenoxy) is 1. The third kappa shape index (κ3) is 7.45. The minimum atomic E-state index is -4.56. The third-order valence-corrected chi connectivity index (χ3v) is 8.35. The summed E-state index contributed by atoms with van der Waals surface area (Å²) < 4.78 is 38.1. The number of hydrogen-bond donors (Lipinski definition) is 3. The topological polar surface area (TPSA) is 148 Å². The highest BCUT2D eigenvalue weighted by Gasteiger charge is 2.75. The number of rotatable bonds is 11. The highest BCUT2D eigenvalue weighted by atomic mass is 28.3. The molecule has 236 valence electrons. The number of halogens is 2. The number of nitrogens with zero attached hydrogens (tertiary/aromatic N) is 2. The van der Waals surface area contributed by atoms with Crippen LogP contribution >= 0.6 is 0 Å². The Morgan fingerprint density at radius 3 is 2.09 bits per heavy atom. The molecule has 4 atom stereocenters. The lowest BCUT2D eigenvalue weighted by molar-refractivity contribution is -0.191. The van der Waals surface area contributed by atoms with Crippen LogP contribution in [-0.2, 0) is 19.1 Å². The fourth-order valence-corrected chi connectivity index (χ4v) is 5.78. The van der Waals surface area contributed by atoms with Gasteiger partial charge < -0.3 is 20.3 Å². The summed E-state index contributed by atoms with van der Waals surface area (Å²) in [5.74, 6) is -7.87. The Bertz CT molecular complexity index is 1670. The van der Waals surface area contributed by atoms with Gasteiger partial charge in [0.25, 0.3) is 0 Å². The summed E-state index contributed by atoms with van der Waals surface area (Å²) in [6.45, 7) is 5.88. The third-order valence-electron chi connectivity index (χ3n) is 6.97. The van der Waals surface area contributed by atoms with E-state index in [1.807, 2.05) is 19.6 Å². The standard InChI is InChI=1S/C32H33F2N3O7Si/c1-45(2,3)20-26(40)35-25-18-19-37(30(42)36-25)29-32(33,34)31(43,24(39)17-15-22-12-8-5-9-13-22)28(44-29)27(41)23(38)16-14-21-10-6-4-7-11-21/h4-19,27-29,41,43H,20H2,1-3H3,(H,35,36,40,42)/t27?,28-,29-,31-/m1/s1. The SMILES string of the molecule is C[Si](C)(C)CC(=O)Nc1ccn([C@@H]2O[C@H](C(O)C(=O)C=Cc3ccccc3)[C@](O)(C(=O)C=Cc3ccccc3)C2(F)F)c(=O)n1. The van der Waals surface area contributed by atoms with Crippen LogP contribution in [0.4, 0.5) is 14.6 Å². The van der Waals surface area contributed by atoms with Crippen molar-refractivity contribution in [2.45, 2.75) is 55.6 Å². The fraction of sp³-hybridized carbons (Fsp3) is 0.281. The molecule has 45 heavy (non-hydrogen) atoms. The van der Waals surface area contributed by atoms with E-state index in [1.165, 1.54) is 12.2 Å². The largest absolute Gasteiger partial charge is 0.382 e. The van der Waals surface area contributed by atoms with Crippen molar-refractivity contribution in [3.8, 4) is 0 Å². The average molecular weight is 638 g/mol. The predicted octanol–water partition coefficient (Wildman–Crippen LogP) is 3.71. The second-order valence-electron chi connectivity index (χ2n) is 11.8. The number of carbonyl (C=O) groups excluding carboxylic acids is 3. The number of amides is 1. The summed E-state index contributed by atoms with van der Waals surface area (Å²) in [6, 6.07) is 17.9. The maximum absolute atomic E-state index is 16.2. The first-order chi connectivity index (χ1) is 21.1. The van der Waals surface area contributed by atoms with E-state index < -0.39 is 61.2 Å². The summed E-state index contributed by atoms with van der Waals surface area (Å²) in [7, 11) is -1.81. The van der Waals surface area contributed by atoms with Crippen molar-refractivity contribution in [2.75, 3.05) is 5.32 Å². The van der Waals surface area contributed by atoms with Crippen molar-refractivity contribution < 1.29 is 38.1 Å². The Morgan fingerprint density at radius 1 is 1.00 bits per heavy atom. The summed E-state index contributed by atoms with van der Waals surface area (Å²) >= 11 is 0. The lowest BCUT2D eigenvalue weighted by Gasteiger charge is -2.32. The molecule has 1 fully saturated rings. The van der Waals surface area contributed by atoms with Crippen LogP contribution < -0.4 is 11.0 Å². The van der Waals surface area contributed by atoms with Crippen molar-refractivity contribution >= 4 is 43.5 Å². The molecule has 10 nitrogen and oxygen atoms in total. The van der Waals surface area contributed by atoms with Gasteiger partial charge in [-0.05, 0) is 29.3 Å². The first-order valence-electron chi connectivity index (χ1n) is 14.0. The summed E-state index contributed by atoms with van der Waals surface area (Å²) in [5.41, 5.74) is -4.09. The molecular weight excluding hydrogens is 604 g/mol. The van der Waals surface area contributed by atoms with Gasteiger partial charge in [0.15, 0.2) is 11.6 Å². The number of aliphatic hydroxyl groups excluding tert-OH is 1. The number of anilines is 1. The van der Waals surface area contributed by atoms with Gasteiger partial charge in [0, 0.05) is 12.2 Å². The van der Waals surface area contributed by atoms with E-state index in [1.54, 1.807) is 60.7 Å². The molecule has 13 heteroatoms. The number of carbonyl (C=O) groups is 3. The molecule has 0 bridgehead atoms.